The van der Waals surface area contributed by atoms with Crippen molar-refractivity contribution in [2.24, 2.45) is 0 Å². The summed E-state index contributed by atoms with van der Waals surface area (Å²) >= 11 is 0. The van der Waals surface area contributed by atoms with Crippen molar-refractivity contribution >= 4 is 12.0 Å². The molecule has 0 aliphatic heterocycles. The number of ketones is 1. The number of rotatable bonds is 2. The molecule has 0 N–H and O–H groups in total. The Hall–Kier alpha value is -1.73. The third-order valence-corrected chi connectivity index (χ3v) is 1.23. The van der Waals surface area contributed by atoms with Gasteiger partial charge in [0, 0.05) is 5.56 Å². The van der Waals surface area contributed by atoms with Gasteiger partial charge in [-0.05, 0) is 0 Å². The number of hydrogen-bond donors (Lipinski definition) is 0. The average Bonchev–Trinajstić information content (AvgIpc) is 2.07. The summed E-state index contributed by atoms with van der Waals surface area (Å²) in [6.45, 7) is 0. The molecule has 3 heteroatoms. The van der Waals surface area contributed by atoms with E-state index in [0.29, 0.717) is 5.56 Å². The zero-order valence-corrected chi connectivity index (χ0v) is 5.73. The van der Waals surface area contributed by atoms with Crippen LogP contribution in [0.1, 0.15) is 10.4 Å². The van der Waals surface area contributed by atoms with Crippen molar-refractivity contribution in [1.82, 2.24) is 4.85 Å². The van der Waals surface area contributed by atoms with Gasteiger partial charge in [0.2, 0.25) is 4.85 Å². The summed E-state index contributed by atoms with van der Waals surface area (Å²) < 4.78 is 0. The molecule has 1 aromatic rings. The minimum atomic E-state index is -0.361. The van der Waals surface area contributed by atoms with Crippen LogP contribution < -0.4 is 4.85 Å². The lowest BCUT2D eigenvalue weighted by Gasteiger charge is -1.86. The molecule has 54 valence electrons. The van der Waals surface area contributed by atoms with Gasteiger partial charge in [-0.15, -0.1) is 0 Å². The van der Waals surface area contributed by atoms with Gasteiger partial charge in [-0.1, -0.05) is 30.3 Å². The largest absolute Gasteiger partial charge is 0.408 e. The first-order valence-electron chi connectivity index (χ1n) is 3.09. The first-order valence-corrected chi connectivity index (χ1v) is 3.09. The first-order chi connectivity index (χ1) is 5.34. The normalized spacial score (nSPS) is 8.36. The molecule has 0 saturated heterocycles. The molecule has 0 fully saturated rings. The second-order valence-electron chi connectivity index (χ2n) is 1.96. The zero-order valence-electron chi connectivity index (χ0n) is 5.73. The highest BCUT2D eigenvalue weighted by molar-refractivity contribution is 6.34. The Morgan fingerprint density at radius 2 is 1.91 bits per heavy atom. The van der Waals surface area contributed by atoms with E-state index in [1.54, 1.807) is 30.3 Å². The lowest BCUT2D eigenvalue weighted by atomic mass is 10.1. The molecule has 0 amide bonds. The van der Waals surface area contributed by atoms with E-state index in [1.165, 1.54) is 0 Å². The molecule has 1 rings (SSSR count). The van der Waals surface area contributed by atoms with E-state index in [4.69, 9.17) is 0 Å². The van der Waals surface area contributed by atoms with Gasteiger partial charge in [-0.2, -0.15) is 0 Å². The number of benzene rings is 1. The number of Topliss-reactive ketones (excluding diaryl/α,β-unsaturated/α-hetero) is 1. The number of carbonyl (C=O) groups excluding carboxylic acids is 1. The van der Waals surface area contributed by atoms with Crippen LogP contribution in [0.2, 0.25) is 0 Å². The average molecular weight is 148 g/mol. The summed E-state index contributed by atoms with van der Waals surface area (Å²) in [7, 11) is 0. The van der Waals surface area contributed by atoms with E-state index in [-0.39, 0.29) is 5.78 Å². The van der Waals surface area contributed by atoms with Crippen LogP contribution in [0.15, 0.2) is 30.3 Å². The van der Waals surface area contributed by atoms with E-state index in [0.717, 1.165) is 6.21 Å². The smallest absolute Gasteiger partial charge is 0.281 e. The van der Waals surface area contributed by atoms with E-state index in [2.05, 4.69) is 4.85 Å². The van der Waals surface area contributed by atoms with Gasteiger partial charge >= 0.3 is 6.21 Å². The molecule has 0 saturated carbocycles. The van der Waals surface area contributed by atoms with E-state index >= 15 is 0 Å². The standard InChI is InChI=1S/C8H6NO2/c10-8(6-9-11)7-4-2-1-3-5-7/h1-6H/q+1. The van der Waals surface area contributed by atoms with Crippen molar-refractivity contribution in [2.75, 3.05) is 0 Å². The van der Waals surface area contributed by atoms with E-state index in [9.17, 15) is 9.70 Å². The van der Waals surface area contributed by atoms with Crippen molar-refractivity contribution in [3.63, 3.8) is 0 Å². The van der Waals surface area contributed by atoms with Crippen molar-refractivity contribution < 1.29 is 4.79 Å². The summed E-state index contributed by atoms with van der Waals surface area (Å²) in [6, 6.07) is 8.51. The van der Waals surface area contributed by atoms with Crippen molar-refractivity contribution in [3.8, 4) is 0 Å². The van der Waals surface area contributed by atoms with Gasteiger partial charge in [-0.3, -0.25) is 4.79 Å². The van der Waals surface area contributed by atoms with Crippen LogP contribution in [0.5, 0.6) is 0 Å². The van der Waals surface area contributed by atoms with Gasteiger partial charge in [0.05, 0.1) is 0 Å². The fourth-order valence-corrected chi connectivity index (χ4v) is 0.725. The summed E-state index contributed by atoms with van der Waals surface area (Å²) in [6.07, 6.45) is 0.759. The number of nitrogens with zero attached hydrogens (tertiary/aromatic N) is 1. The zero-order chi connectivity index (χ0) is 8.10. The monoisotopic (exact) mass is 148 g/mol. The maximum atomic E-state index is 10.9. The number of hydrogen-bond acceptors (Lipinski definition) is 2. The minimum Gasteiger partial charge on any atom is -0.281 e. The summed E-state index contributed by atoms with van der Waals surface area (Å²) in [5.41, 5.74) is 0.479. The molecule has 11 heavy (non-hydrogen) atoms. The van der Waals surface area contributed by atoms with E-state index in [1.807, 2.05) is 0 Å². The van der Waals surface area contributed by atoms with E-state index < -0.39 is 0 Å². The third-order valence-electron chi connectivity index (χ3n) is 1.23. The highest BCUT2D eigenvalue weighted by atomic mass is 16.2. The lowest BCUT2D eigenvalue weighted by molar-refractivity contribution is 0.107. The van der Waals surface area contributed by atoms with Gasteiger partial charge in [0.1, 0.15) is 0 Å². The van der Waals surface area contributed by atoms with Gasteiger partial charge in [0.25, 0.3) is 5.78 Å². The van der Waals surface area contributed by atoms with Gasteiger partial charge < -0.3 is 0 Å². The predicted octanol–water partition coefficient (Wildman–Crippen LogP) is 0.774. The molecule has 0 aromatic heterocycles. The molecule has 0 unspecified atom stereocenters. The second-order valence-corrected chi connectivity index (χ2v) is 1.96. The van der Waals surface area contributed by atoms with Crippen LogP contribution in [-0.2, 0) is 0 Å². The maximum Gasteiger partial charge on any atom is 0.408 e. The molecule has 0 aliphatic carbocycles. The number of carbonyl (C=O) groups is 1. The summed E-state index contributed by atoms with van der Waals surface area (Å²) in [5.74, 6) is -0.361. The van der Waals surface area contributed by atoms with Crippen LogP contribution in [0, 0.1) is 4.91 Å². The minimum absolute atomic E-state index is 0.361. The SMILES string of the molecule is O=[N+]=CC(=O)c1ccccc1. The van der Waals surface area contributed by atoms with Crippen molar-refractivity contribution in [3.05, 3.63) is 40.8 Å². The highest BCUT2D eigenvalue weighted by Gasteiger charge is 2.06. The Kier molecular flexibility index (Phi) is 2.31. The quantitative estimate of drug-likeness (QED) is 0.353. The van der Waals surface area contributed by atoms with Crippen molar-refractivity contribution in [2.45, 2.75) is 0 Å². The third kappa shape index (κ3) is 1.85. The fraction of sp³-hybridized carbons (Fsp3) is 0. The number of nitroso groups, excluding NO2 is 1. The topological polar surface area (TPSA) is 48.2 Å². The fourth-order valence-electron chi connectivity index (χ4n) is 0.725. The van der Waals surface area contributed by atoms with Gasteiger partial charge in [-0.25, -0.2) is 0 Å². The Bertz CT molecular complexity index is 299. The Balaban J connectivity index is 2.94. The lowest BCUT2D eigenvalue weighted by Crippen LogP contribution is -2.00. The van der Waals surface area contributed by atoms with Crippen LogP contribution in [0.25, 0.3) is 0 Å². The molecule has 0 heterocycles. The maximum absolute atomic E-state index is 10.9. The Morgan fingerprint density at radius 1 is 1.27 bits per heavy atom. The second kappa shape index (κ2) is 3.44. The summed E-state index contributed by atoms with van der Waals surface area (Å²) in [5, 5.41) is 0. The molecular weight excluding hydrogens is 142 g/mol. The van der Waals surface area contributed by atoms with Crippen molar-refractivity contribution in [1.29, 1.82) is 0 Å². The molecule has 0 aliphatic rings. The highest BCUT2D eigenvalue weighted by Crippen LogP contribution is 1.96. The predicted molar refractivity (Wildman–Crippen MR) is 42.3 cm³/mol. The first kappa shape index (κ1) is 7.38. The molecule has 0 radical (unpaired) electrons. The van der Waals surface area contributed by atoms with Crippen LogP contribution >= 0.6 is 0 Å². The molecule has 0 spiro atoms. The molecule has 0 atom stereocenters. The Morgan fingerprint density at radius 3 is 2.45 bits per heavy atom. The van der Waals surface area contributed by atoms with Crippen LogP contribution in [0.3, 0.4) is 0 Å². The van der Waals surface area contributed by atoms with Crippen LogP contribution in [-0.4, -0.2) is 12.0 Å². The molecular formula is C8H6NO2+. The summed E-state index contributed by atoms with van der Waals surface area (Å²) in [4.78, 5) is 22.9. The molecule has 3 nitrogen and oxygen atoms in total. The molecule has 1 aromatic carbocycles. The van der Waals surface area contributed by atoms with Gasteiger partial charge in [0.15, 0.2) is 4.91 Å². The van der Waals surface area contributed by atoms with Crippen LogP contribution in [0.4, 0.5) is 0 Å². The Labute approximate surface area is 63.4 Å². The molecule has 0 bridgehead atoms.